The number of fused-ring (bicyclic) bond motifs is 1. The molecule has 0 aliphatic carbocycles. The molecular formula is C17H12N4O4S. The Balaban J connectivity index is 2.08. The number of nitrogens with one attached hydrogen (secondary N) is 1. The quantitative estimate of drug-likeness (QED) is 0.535. The maximum Gasteiger partial charge on any atom is 0.379 e. The zero-order valence-corrected chi connectivity index (χ0v) is 14.0. The molecule has 0 radical (unpaired) electrons. The number of aromatic nitrogens is 4. The van der Waals surface area contributed by atoms with Gasteiger partial charge in [0.05, 0.1) is 11.9 Å². The van der Waals surface area contributed by atoms with Gasteiger partial charge in [0.25, 0.3) is 5.56 Å². The Morgan fingerprint density at radius 1 is 1.00 bits per heavy atom. The summed E-state index contributed by atoms with van der Waals surface area (Å²) in [6, 6.07) is 12.1. The molecule has 3 heterocycles. The summed E-state index contributed by atoms with van der Waals surface area (Å²) in [7, 11) is -4.58. The van der Waals surface area contributed by atoms with Gasteiger partial charge in [0.1, 0.15) is 5.69 Å². The van der Waals surface area contributed by atoms with Crippen LogP contribution in [0.4, 0.5) is 0 Å². The van der Waals surface area contributed by atoms with E-state index < -0.39 is 10.3 Å². The first-order valence-corrected chi connectivity index (χ1v) is 8.95. The molecule has 0 saturated heterocycles. The van der Waals surface area contributed by atoms with E-state index in [1.165, 1.54) is 12.4 Å². The van der Waals surface area contributed by atoms with Crippen LogP contribution in [0.25, 0.3) is 33.3 Å². The summed E-state index contributed by atoms with van der Waals surface area (Å²) in [6.07, 6.45) is 4.23. The molecule has 130 valence electrons. The molecular weight excluding hydrogens is 356 g/mol. The maximum absolute atomic E-state index is 12.1. The van der Waals surface area contributed by atoms with E-state index in [4.69, 9.17) is 0 Å². The number of rotatable bonds is 3. The van der Waals surface area contributed by atoms with Gasteiger partial charge in [-0.2, -0.15) is 13.5 Å². The zero-order valence-electron chi connectivity index (χ0n) is 13.2. The average Bonchev–Trinajstić information content (AvgIpc) is 3.09. The van der Waals surface area contributed by atoms with Crippen LogP contribution >= 0.6 is 0 Å². The predicted molar refractivity (Wildman–Crippen MR) is 96.0 cm³/mol. The predicted octanol–water partition coefficient (Wildman–Crippen LogP) is 2.10. The van der Waals surface area contributed by atoms with Crippen LogP contribution in [0, 0.1) is 0 Å². The highest BCUT2D eigenvalue weighted by Gasteiger charge is 2.21. The van der Waals surface area contributed by atoms with E-state index in [-0.39, 0.29) is 11.3 Å². The number of H-pyrrole nitrogens is 1. The fraction of sp³-hybridized carbons (Fsp3) is 0. The number of hydrogen-bond acceptors (Lipinski definition) is 5. The normalized spacial score (nSPS) is 11.7. The van der Waals surface area contributed by atoms with Gasteiger partial charge in [-0.15, -0.1) is 4.09 Å². The summed E-state index contributed by atoms with van der Waals surface area (Å²) in [4.78, 5) is 18.9. The Morgan fingerprint density at radius 3 is 2.42 bits per heavy atom. The second-order valence-electron chi connectivity index (χ2n) is 5.53. The van der Waals surface area contributed by atoms with E-state index in [0.717, 1.165) is 0 Å². The van der Waals surface area contributed by atoms with Crippen LogP contribution in [0.1, 0.15) is 0 Å². The highest BCUT2D eigenvalue weighted by Crippen LogP contribution is 2.33. The van der Waals surface area contributed by atoms with Crippen molar-refractivity contribution in [2.45, 2.75) is 0 Å². The lowest BCUT2D eigenvalue weighted by Gasteiger charge is -2.06. The molecule has 0 atom stereocenters. The number of aromatic amines is 1. The molecule has 0 fully saturated rings. The van der Waals surface area contributed by atoms with Crippen LogP contribution in [-0.2, 0) is 10.3 Å². The van der Waals surface area contributed by atoms with E-state index in [1.807, 2.05) is 0 Å². The average molecular weight is 368 g/mol. The molecule has 0 spiro atoms. The van der Waals surface area contributed by atoms with Gasteiger partial charge in [0.2, 0.25) is 0 Å². The van der Waals surface area contributed by atoms with Gasteiger partial charge in [-0.05, 0) is 23.6 Å². The molecule has 9 heteroatoms. The smallest absolute Gasteiger partial charge is 0.328 e. The van der Waals surface area contributed by atoms with E-state index in [2.05, 4.69) is 15.1 Å². The van der Waals surface area contributed by atoms with Crippen LogP contribution in [-0.4, -0.2) is 32.1 Å². The molecule has 4 aromatic rings. The molecule has 4 rings (SSSR count). The summed E-state index contributed by atoms with van der Waals surface area (Å²) in [5.74, 6) is 0. The first kappa shape index (κ1) is 16.2. The standard InChI is InChI=1S/C17H12N4O4S/c22-17-12-6-2-1-5-11(12)13(9-19-17)14-10-21(26(23,24)25)20-16(14)15-7-3-4-8-18-15/h1-10H,(H,19,22)(H,23,24,25). The molecule has 2 N–H and O–H groups in total. The summed E-state index contributed by atoms with van der Waals surface area (Å²) in [5, 5.41) is 5.06. The number of nitrogens with zero attached hydrogens (tertiary/aromatic N) is 3. The highest BCUT2D eigenvalue weighted by atomic mass is 32.2. The molecule has 8 nitrogen and oxygen atoms in total. The van der Waals surface area contributed by atoms with Crippen LogP contribution in [0.3, 0.4) is 0 Å². The summed E-state index contributed by atoms with van der Waals surface area (Å²) in [5.41, 5.74) is 1.41. The number of hydrogen-bond donors (Lipinski definition) is 2. The summed E-state index contributed by atoms with van der Waals surface area (Å²) in [6.45, 7) is 0. The van der Waals surface area contributed by atoms with E-state index >= 15 is 0 Å². The summed E-state index contributed by atoms with van der Waals surface area (Å²) < 4.78 is 33.0. The van der Waals surface area contributed by atoms with Crippen LogP contribution in [0.5, 0.6) is 0 Å². The minimum Gasteiger partial charge on any atom is -0.328 e. The van der Waals surface area contributed by atoms with E-state index in [9.17, 15) is 17.8 Å². The summed E-state index contributed by atoms with van der Waals surface area (Å²) >= 11 is 0. The van der Waals surface area contributed by atoms with Crippen molar-refractivity contribution in [3.05, 3.63) is 71.4 Å². The highest BCUT2D eigenvalue weighted by molar-refractivity contribution is 7.84. The monoisotopic (exact) mass is 368 g/mol. The third-order valence-corrected chi connectivity index (χ3v) is 4.60. The Kier molecular flexibility index (Phi) is 3.67. The molecule has 0 saturated carbocycles. The number of benzene rings is 1. The van der Waals surface area contributed by atoms with Gasteiger partial charge in [-0.1, -0.05) is 24.3 Å². The fourth-order valence-corrected chi connectivity index (χ4v) is 3.22. The third-order valence-electron chi connectivity index (χ3n) is 3.94. The van der Waals surface area contributed by atoms with E-state index in [1.54, 1.807) is 48.7 Å². The topological polar surface area (TPSA) is 118 Å². The Bertz CT molecular complexity index is 1280. The molecule has 0 amide bonds. The largest absolute Gasteiger partial charge is 0.379 e. The van der Waals surface area contributed by atoms with Crippen molar-refractivity contribution < 1.29 is 13.0 Å². The molecule has 0 bridgehead atoms. The Hall–Kier alpha value is -3.30. The fourth-order valence-electron chi connectivity index (χ4n) is 2.79. The van der Waals surface area contributed by atoms with Gasteiger partial charge in [-0.3, -0.25) is 14.3 Å². The molecule has 0 aliphatic heterocycles. The van der Waals surface area contributed by atoms with Gasteiger partial charge >= 0.3 is 10.3 Å². The van der Waals surface area contributed by atoms with Gasteiger partial charge in [-0.25, -0.2) is 0 Å². The van der Waals surface area contributed by atoms with Gasteiger partial charge in [0, 0.05) is 28.9 Å². The lowest BCUT2D eigenvalue weighted by atomic mass is 10.0. The van der Waals surface area contributed by atoms with Crippen molar-refractivity contribution in [3.8, 4) is 22.5 Å². The molecule has 3 aromatic heterocycles. The first-order valence-electron chi connectivity index (χ1n) is 7.55. The Morgan fingerprint density at radius 2 is 1.73 bits per heavy atom. The van der Waals surface area contributed by atoms with Crippen molar-refractivity contribution in [2.75, 3.05) is 0 Å². The Labute approximate surface area is 147 Å². The molecule has 0 unspecified atom stereocenters. The lowest BCUT2D eigenvalue weighted by molar-refractivity contribution is 0.466. The van der Waals surface area contributed by atoms with Crippen LogP contribution in [0.2, 0.25) is 0 Å². The second-order valence-corrected chi connectivity index (χ2v) is 6.80. The zero-order chi connectivity index (χ0) is 18.3. The van der Waals surface area contributed by atoms with Crippen molar-refractivity contribution in [2.24, 2.45) is 0 Å². The van der Waals surface area contributed by atoms with Crippen molar-refractivity contribution >= 4 is 21.1 Å². The molecule has 1 aromatic carbocycles. The maximum atomic E-state index is 12.1. The third kappa shape index (κ3) is 2.68. The molecule has 26 heavy (non-hydrogen) atoms. The number of pyridine rings is 2. The van der Waals surface area contributed by atoms with E-state index in [0.29, 0.717) is 31.7 Å². The van der Waals surface area contributed by atoms with Crippen molar-refractivity contribution in [3.63, 3.8) is 0 Å². The van der Waals surface area contributed by atoms with Crippen LogP contribution in [0.15, 0.2) is 65.8 Å². The van der Waals surface area contributed by atoms with Crippen molar-refractivity contribution in [1.29, 1.82) is 0 Å². The lowest BCUT2D eigenvalue weighted by Crippen LogP contribution is -2.11. The van der Waals surface area contributed by atoms with Gasteiger partial charge < -0.3 is 4.98 Å². The van der Waals surface area contributed by atoms with Gasteiger partial charge in [0.15, 0.2) is 0 Å². The second kappa shape index (κ2) is 5.90. The molecule has 0 aliphatic rings. The van der Waals surface area contributed by atoms with Crippen molar-refractivity contribution in [1.82, 2.24) is 19.2 Å². The first-order chi connectivity index (χ1) is 12.4. The van der Waals surface area contributed by atoms with Crippen LogP contribution < -0.4 is 5.56 Å². The minimum atomic E-state index is -4.58. The minimum absolute atomic E-state index is 0.258. The SMILES string of the molecule is O=c1[nH]cc(-c2cn(S(=O)(=O)O)nc2-c2ccccn2)c2ccccc12.